The number of ether oxygens (including phenoxy) is 3. The van der Waals surface area contributed by atoms with Crippen LogP contribution in [0.5, 0.6) is 0 Å². The lowest BCUT2D eigenvalue weighted by atomic mass is 9.84. The fourth-order valence-electron chi connectivity index (χ4n) is 3.40. The van der Waals surface area contributed by atoms with Crippen LogP contribution in [0.2, 0.25) is 0 Å². The highest BCUT2D eigenvalue weighted by atomic mass is 16.8. The maximum Gasteiger partial charge on any atom is 0.164 e. The molecule has 3 heteroatoms. The van der Waals surface area contributed by atoms with Gasteiger partial charge in [0.25, 0.3) is 0 Å². The molecular formula is C11H16O3. The minimum Gasteiger partial charge on any atom is -0.355 e. The predicted octanol–water partition coefficient (Wildman–Crippen LogP) is 1.40. The van der Waals surface area contributed by atoms with Crippen molar-refractivity contribution in [3.63, 3.8) is 0 Å². The first-order chi connectivity index (χ1) is 6.85. The first-order valence-electron chi connectivity index (χ1n) is 5.24. The average molecular weight is 196 g/mol. The van der Waals surface area contributed by atoms with E-state index in [0.717, 1.165) is 0 Å². The minimum absolute atomic E-state index is 0.0649. The summed E-state index contributed by atoms with van der Waals surface area (Å²) < 4.78 is 16.5. The third-order valence-corrected chi connectivity index (χ3v) is 3.94. The molecule has 1 aliphatic heterocycles. The zero-order valence-electron chi connectivity index (χ0n) is 8.55. The van der Waals surface area contributed by atoms with Gasteiger partial charge in [-0.2, -0.15) is 0 Å². The topological polar surface area (TPSA) is 27.7 Å². The Balaban J connectivity index is 1.89. The van der Waals surface area contributed by atoms with Gasteiger partial charge in [-0.05, 0) is 18.3 Å². The van der Waals surface area contributed by atoms with Crippen molar-refractivity contribution in [3.8, 4) is 0 Å². The van der Waals surface area contributed by atoms with Crippen LogP contribution in [-0.2, 0) is 14.2 Å². The number of fused-ring (bicyclic) bond motifs is 5. The van der Waals surface area contributed by atoms with Crippen molar-refractivity contribution in [1.82, 2.24) is 0 Å². The quantitative estimate of drug-likeness (QED) is 0.625. The molecule has 1 saturated carbocycles. The van der Waals surface area contributed by atoms with Gasteiger partial charge >= 0.3 is 0 Å². The number of methoxy groups -OCH3 is 2. The van der Waals surface area contributed by atoms with Gasteiger partial charge in [-0.25, -0.2) is 0 Å². The molecule has 4 unspecified atom stereocenters. The Bertz CT molecular complexity index is 239. The van der Waals surface area contributed by atoms with Crippen LogP contribution in [0.4, 0.5) is 0 Å². The molecule has 6 atom stereocenters. The first kappa shape index (κ1) is 8.89. The highest BCUT2D eigenvalue weighted by molar-refractivity contribution is 5.16. The maximum absolute atomic E-state index is 5.72. The van der Waals surface area contributed by atoms with E-state index in [2.05, 4.69) is 12.2 Å². The molecule has 1 heterocycles. The predicted molar refractivity (Wildman–Crippen MR) is 50.4 cm³/mol. The van der Waals surface area contributed by atoms with E-state index in [9.17, 15) is 0 Å². The number of hydrogen-bond donors (Lipinski definition) is 0. The van der Waals surface area contributed by atoms with Gasteiger partial charge in [0, 0.05) is 26.1 Å². The summed E-state index contributed by atoms with van der Waals surface area (Å²) in [6.07, 6.45) is 5.77. The lowest BCUT2D eigenvalue weighted by molar-refractivity contribution is -0.202. The number of rotatable bonds is 2. The van der Waals surface area contributed by atoms with Crippen molar-refractivity contribution >= 4 is 0 Å². The second-order valence-electron chi connectivity index (χ2n) is 4.45. The van der Waals surface area contributed by atoms with Crippen LogP contribution in [0.1, 0.15) is 6.42 Å². The van der Waals surface area contributed by atoms with E-state index in [4.69, 9.17) is 14.2 Å². The summed E-state index contributed by atoms with van der Waals surface area (Å²) in [6, 6.07) is 0. The van der Waals surface area contributed by atoms with Gasteiger partial charge < -0.3 is 14.2 Å². The highest BCUT2D eigenvalue weighted by Crippen LogP contribution is 2.55. The second kappa shape index (κ2) is 3.05. The van der Waals surface area contributed by atoms with Crippen LogP contribution >= 0.6 is 0 Å². The van der Waals surface area contributed by atoms with E-state index in [1.807, 2.05) is 0 Å². The molecule has 3 aliphatic rings. The van der Waals surface area contributed by atoms with E-state index in [0.29, 0.717) is 23.7 Å². The molecular weight excluding hydrogens is 180 g/mol. The summed E-state index contributed by atoms with van der Waals surface area (Å²) in [4.78, 5) is 0. The third-order valence-electron chi connectivity index (χ3n) is 3.94. The van der Waals surface area contributed by atoms with Crippen LogP contribution in [0.3, 0.4) is 0 Å². The van der Waals surface area contributed by atoms with Crippen LogP contribution in [0.15, 0.2) is 12.2 Å². The molecule has 2 fully saturated rings. The van der Waals surface area contributed by atoms with Gasteiger partial charge in [0.15, 0.2) is 12.6 Å². The van der Waals surface area contributed by atoms with Crippen LogP contribution < -0.4 is 0 Å². The Morgan fingerprint density at radius 3 is 1.93 bits per heavy atom. The smallest absolute Gasteiger partial charge is 0.164 e. The summed E-state index contributed by atoms with van der Waals surface area (Å²) in [5.41, 5.74) is 0. The lowest BCUT2D eigenvalue weighted by Gasteiger charge is -2.23. The van der Waals surface area contributed by atoms with E-state index >= 15 is 0 Å². The molecule has 14 heavy (non-hydrogen) atoms. The van der Waals surface area contributed by atoms with Crippen molar-refractivity contribution in [2.24, 2.45) is 23.7 Å². The van der Waals surface area contributed by atoms with Gasteiger partial charge in [0.2, 0.25) is 0 Å². The number of hydrogen-bond acceptors (Lipinski definition) is 3. The Kier molecular flexibility index (Phi) is 1.94. The van der Waals surface area contributed by atoms with E-state index in [-0.39, 0.29) is 12.6 Å². The zero-order chi connectivity index (χ0) is 9.71. The molecule has 3 rings (SSSR count). The molecule has 2 aliphatic carbocycles. The summed E-state index contributed by atoms with van der Waals surface area (Å²) in [7, 11) is 3.44. The molecule has 0 aromatic heterocycles. The van der Waals surface area contributed by atoms with Crippen molar-refractivity contribution in [3.05, 3.63) is 12.2 Å². The van der Waals surface area contributed by atoms with Gasteiger partial charge in [-0.15, -0.1) is 0 Å². The molecule has 0 spiro atoms. The van der Waals surface area contributed by atoms with Crippen molar-refractivity contribution < 1.29 is 14.2 Å². The van der Waals surface area contributed by atoms with Crippen LogP contribution in [0.25, 0.3) is 0 Å². The monoisotopic (exact) mass is 196 g/mol. The van der Waals surface area contributed by atoms with E-state index in [1.165, 1.54) is 6.42 Å². The molecule has 78 valence electrons. The zero-order valence-corrected chi connectivity index (χ0v) is 8.55. The Morgan fingerprint density at radius 1 is 1.00 bits per heavy atom. The lowest BCUT2D eigenvalue weighted by Crippen LogP contribution is -2.27. The fraction of sp³-hybridized carbons (Fsp3) is 0.818. The molecule has 0 N–H and O–H groups in total. The molecule has 0 aromatic rings. The second-order valence-corrected chi connectivity index (χ2v) is 4.45. The summed E-state index contributed by atoms with van der Waals surface area (Å²) >= 11 is 0. The van der Waals surface area contributed by atoms with E-state index < -0.39 is 0 Å². The van der Waals surface area contributed by atoms with Gasteiger partial charge in [0.1, 0.15) is 0 Å². The molecule has 0 amide bonds. The van der Waals surface area contributed by atoms with Crippen molar-refractivity contribution in [2.75, 3.05) is 14.2 Å². The van der Waals surface area contributed by atoms with Crippen LogP contribution in [-0.4, -0.2) is 26.8 Å². The molecule has 2 bridgehead atoms. The largest absolute Gasteiger partial charge is 0.355 e. The average Bonchev–Trinajstić information content (AvgIpc) is 2.88. The van der Waals surface area contributed by atoms with E-state index in [1.54, 1.807) is 14.2 Å². The summed E-state index contributed by atoms with van der Waals surface area (Å²) in [5, 5.41) is 0. The fourth-order valence-corrected chi connectivity index (χ4v) is 3.40. The summed E-state index contributed by atoms with van der Waals surface area (Å²) in [5.74, 6) is 2.32. The van der Waals surface area contributed by atoms with Crippen molar-refractivity contribution in [2.45, 2.75) is 19.0 Å². The highest BCUT2D eigenvalue weighted by Gasteiger charge is 2.57. The van der Waals surface area contributed by atoms with Gasteiger partial charge in [0.05, 0.1) is 0 Å². The molecule has 0 radical (unpaired) electrons. The standard InChI is InChI=1S/C11H16O3/c1-12-10-8-6-3-4-7(5-6)9(8)11(13-2)14-10/h3-4,6-11H,5H2,1-2H3/t6-,7-,8?,9?,10?,11?/m0/s1. The Morgan fingerprint density at radius 2 is 1.50 bits per heavy atom. The van der Waals surface area contributed by atoms with Crippen LogP contribution in [0, 0.1) is 23.7 Å². The Hall–Kier alpha value is -0.380. The summed E-state index contributed by atoms with van der Waals surface area (Å²) in [6.45, 7) is 0. The minimum atomic E-state index is -0.0649. The third kappa shape index (κ3) is 0.977. The molecule has 0 aromatic carbocycles. The number of allylic oxidation sites excluding steroid dienone is 2. The van der Waals surface area contributed by atoms with Gasteiger partial charge in [-0.1, -0.05) is 12.2 Å². The van der Waals surface area contributed by atoms with Gasteiger partial charge in [-0.3, -0.25) is 0 Å². The van der Waals surface area contributed by atoms with Crippen molar-refractivity contribution in [1.29, 1.82) is 0 Å². The Labute approximate surface area is 84.0 Å². The SMILES string of the molecule is COC1OC(OC)C2C1[C@H]1C=C[C@H]2C1. The molecule has 3 nitrogen and oxygen atoms in total. The molecule has 1 saturated heterocycles. The normalized spacial score (nSPS) is 54.1. The first-order valence-corrected chi connectivity index (χ1v) is 5.24. The maximum atomic E-state index is 5.72.